The van der Waals surface area contributed by atoms with Crippen LogP contribution in [0.2, 0.25) is 0 Å². The summed E-state index contributed by atoms with van der Waals surface area (Å²) in [6.07, 6.45) is 0.566. The molecule has 1 aliphatic rings. The van der Waals surface area contributed by atoms with Crippen molar-refractivity contribution in [2.75, 3.05) is 39.5 Å². The normalized spacial score (nSPS) is 15.0. The van der Waals surface area contributed by atoms with Crippen LogP contribution in [0.5, 0.6) is 5.75 Å². The number of hydrogen-bond donors (Lipinski definition) is 1. The highest BCUT2D eigenvalue weighted by molar-refractivity contribution is 7.09. The van der Waals surface area contributed by atoms with E-state index in [1.807, 2.05) is 50.4 Å². The molecule has 1 fully saturated rings. The summed E-state index contributed by atoms with van der Waals surface area (Å²) in [5.41, 5.74) is 1.40. The standard InChI is InChI=1S/C22H31N3O4S/c1-22(2,3)29-21(26)23-15-20-24-19(16-30-20)17-5-7-18(8-6-17)28-12-4-9-25-10-13-27-14-11-25/h5-8,16H,4,9-15H2,1-3H3,(H,23,26). The summed E-state index contributed by atoms with van der Waals surface area (Å²) >= 11 is 1.51. The Kier molecular flexibility index (Phi) is 8.07. The number of amides is 1. The van der Waals surface area contributed by atoms with Crippen molar-refractivity contribution in [1.29, 1.82) is 0 Å². The van der Waals surface area contributed by atoms with Gasteiger partial charge in [0.1, 0.15) is 16.4 Å². The van der Waals surface area contributed by atoms with Crippen molar-refractivity contribution in [2.24, 2.45) is 0 Å². The highest BCUT2D eigenvalue weighted by atomic mass is 32.1. The fourth-order valence-corrected chi connectivity index (χ4v) is 3.75. The second kappa shape index (κ2) is 10.7. The van der Waals surface area contributed by atoms with Crippen molar-refractivity contribution >= 4 is 17.4 Å². The van der Waals surface area contributed by atoms with Crippen LogP contribution >= 0.6 is 11.3 Å². The minimum Gasteiger partial charge on any atom is -0.494 e. The number of carbonyl (C=O) groups is 1. The SMILES string of the molecule is CC(C)(C)OC(=O)NCc1nc(-c2ccc(OCCCN3CCOCC3)cc2)cs1. The van der Waals surface area contributed by atoms with Gasteiger partial charge in [0, 0.05) is 30.6 Å². The van der Waals surface area contributed by atoms with Gasteiger partial charge in [-0.3, -0.25) is 4.90 Å². The lowest BCUT2D eigenvalue weighted by Gasteiger charge is -2.26. The second-order valence-electron chi connectivity index (χ2n) is 8.16. The summed E-state index contributed by atoms with van der Waals surface area (Å²) in [4.78, 5) is 18.8. The Hall–Kier alpha value is -2.16. The lowest BCUT2D eigenvalue weighted by molar-refractivity contribution is 0.0358. The van der Waals surface area contributed by atoms with Crippen LogP contribution in [0.3, 0.4) is 0 Å². The van der Waals surface area contributed by atoms with Crippen molar-refractivity contribution in [1.82, 2.24) is 15.2 Å². The number of nitrogens with zero attached hydrogens (tertiary/aromatic N) is 2. The first-order chi connectivity index (χ1) is 14.4. The summed E-state index contributed by atoms with van der Waals surface area (Å²) in [6.45, 7) is 11.3. The predicted molar refractivity (Wildman–Crippen MR) is 118 cm³/mol. The summed E-state index contributed by atoms with van der Waals surface area (Å²) in [5.74, 6) is 0.864. The monoisotopic (exact) mass is 433 g/mol. The molecular formula is C22H31N3O4S. The molecule has 30 heavy (non-hydrogen) atoms. The van der Waals surface area contributed by atoms with Gasteiger partial charge in [-0.2, -0.15) is 0 Å². The third-order valence-corrected chi connectivity index (χ3v) is 5.32. The number of alkyl carbamates (subject to hydrolysis) is 1. The zero-order valence-electron chi connectivity index (χ0n) is 18.0. The molecule has 1 aliphatic heterocycles. The Morgan fingerprint density at radius 1 is 1.23 bits per heavy atom. The molecule has 0 spiro atoms. The average molecular weight is 434 g/mol. The summed E-state index contributed by atoms with van der Waals surface area (Å²) in [7, 11) is 0. The molecule has 1 aromatic heterocycles. The molecule has 1 saturated heterocycles. The third-order valence-electron chi connectivity index (χ3n) is 4.48. The van der Waals surface area contributed by atoms with E-state index in [4.69, 9.17) is 14.2 Å². The minimum atomic E-state index is -0.509. The molecule has 0 saturated carbocycles. The molecule has 1 N–H and O–H groups in total. The molecule has 0 bridgehead atoms. The molecule has 0 atom stereocenters. The molecule has 1 amide bonds. The molecule has 0 radical (unpaired) electrons. The van der Waals surface area contributed by atoms with Crippen LogP contribution < -0.4 is 10.1 Å². The van der Waals surface area contributed by atoms with Gasteiger partial charge in [-0.1, -0.05) is 0 Å². The third kappa shape index (κ3) is 7.59. The second-order valence-corrected chi connectivity index (χ2v) is 9.10. The van der Waals surface area contributed by atoms with E-state index in [0.29, 0.717) is 13.2 Å². The van der Waals surface area contributed by atoms with Gasteiger partial charge in [0.2, 0.25) is 0 Å². The molecule has 3 rings (SSSR count). The number of nitrogens with one attached hydrogen (secondary N) is 1. The topological polar surface area (TPSA) is 72.9 Å². The molecule has 1 aromatic carbocycles. The molecule has 164 valence electrons. The van der Waals surface area contributed by atoms with Crippen molar-refractivity contribution < 1.29 is 19.0 Å². The Balaban J connectivity index is 1.41. The first-order valence-corrected chi connectivity index (χ1v) is 11.2. The minimum absolute atomic E-state index is 0.351. The highest BCUT2D eigenvalue weighted by Crippen LogP contribution is 2.24. The van der Waals surface area contributed by atoms with Crippen molar-refractivity contribution in [3.8, 4) is 17.0 Å². The number of morpholine rings is 1. The van der Waals surface area contributed by atoms with Gasteiger partial charge in [0.15, 0.2) is 0 Å². The molecule has 2 heterocycles. The molecule has 7 nitrogen and oxygen atoms in total. The average Bonchev–Trinajstić information content (AvgIpc) is 3.19. The Bertz CT molecular complexity index is 795. The van der Waals surface area contributed by atoms with E-state index in [9.17, 15) is 4.79 Å². The predicted octanol–water partition coefficient (Wildman–Crippen LogP) is 3.94. The summed E-state index contributed by atoms with van der Waals surface area (Å²) in [6, 6.07) is 7.97. The Labute approximate surface area is 182 Å². The molecule has 8 heteroatoms. The van der Waals surface area contributed by atoms with Crippen molar-refractivity contribution in [3.05, 3.63) is 34.7 Å². The van der Waals surface area contributed by atoms with E-state index < -0.39 is 11.7 Å². The first kappa shape index (κ1) is 22.5. The van der Waals surface area contributed by atoms with Gasteiger partial charge in [-0.25, -0.2) is 9.78 Å². The molecule has 0 aliphatic carbocycles. The largest absolute Gasteiger partial charge is 0.494 e. The van der Waals surface area contributed by atoms with E-state index in [1.165, 1.54) is 11.3 Å². The van der Waals surface area contributed by atoms with Crippen LogP contribution in [0.25, 0.3) is 11.3 Å². The molecule has 0 unspecified atom stereocenters. The zero-order chi connectivity index (χ0) is 21.4. The fourth-order valence-electron chi connectivity index (χ4n) is 3.01. The maximum Gasteiger partial charge on any atom is 0.408 e. The number of thiazole rings is 1. The quantitative estimate of drug-likeness (QED) is 0.636. The van der Waals surface area contributed by atoms with Gasteiger partial charge in [-0.15, -0.1) is 11.3 Å². The van der Waals surface area contributed by atoms with Gasteiger partial charge < -0.3 is 19.5 Å². The van der Waals surface area contributed by atoms with E-state index in [2.05, 4.69) is 15.2 Å². The fraction of sp³-hybridized carbons (Fsp3) is 0.545. The van der Waals surface area contributed by atoms with Crippen molar-refractivity contribution in [3.63, 3.8) is 0 Å². The van der Waals surface area contributed by atoms with Crippen LogP contribution in [-0.2, 0) is 16.0 Å². The van der Waals surface area contributed by atoms with Gasteiger partial charge in [0.05, 0.1) is 32.1 Å². The number of benzene rings is 1. The van der Waals surface area contributed by atoms with E-state index in [0.717, 1.165) is 61.3 Å². The Morgan fingerprint density at radius 3 is 2.67 bits per heavy atom. The number of carbonyl (C=O) groups excluding carboxylic acids is 1. The number of ether oxygens (including phenoxy) is 3. The number of aromatic nitrogens is 1. The van der Waals surface area contributed by atoms with Crippen LogP contribution in [0.1, 0.15) is 32.2 Å². The van der Waals surface area contributed by atoms with Gasteiger partial charge >= 0.3 is 6.09 Å². The van der Waals surface area contributed by atoms with E-state index in [-0.39, 0.29) is 0 Å². The summed E-state index contributed by atoms with van der Waals surface area (Å²) < 4.78 is 16.5. The summed E-state index contributed by atoms with van der Waals surface area (Å²) in [5, 5.41) is 5.56. The van der Waals surface area contributed by atoms with Crippen LogP contribution in [0.4, 0.5) is 4.79 Å². The number of rotatable bonds is 8. The van der Waals surface area contributed by atoms with Gasteiger partial charge in [-0.05, 0) is 51.5 Å². The maximum atomic E-state index is 11.8. The van der Waals surface area contributed by atoms with Crippen LogP contribution in [-0.4, -0.2) is 61.0 Å². The van der Waals surface area contributed by atoms with Crippen molar-refractivity contribution in [2.45, 2.75) is 39.3 Å². The number of hydrogen-bond acceptors (Lipinski definition) is 7. The molecular weight excluding hydrogens is 402 g/mol. The Morgan fingerprint density at radius 2 is 1.97 bits per heavy atom. The van der Waals surface area contributed by atoms with Gasteiger partial charge in [0.25, 0.3) is 0 Å². The van der Waals surface area contributed by atoms with E-state index in [1.54, 1.807) is 0 Å². The highest BCUT2D eigenvalue weighted by Gasteiger charge is 2.16. The first-order valence-electron chi connectivity index (χ1n) is 10.3. The lowest BCUT2D eigenvalue weighted by Crippen LogP contribution is -2.37. The maximum absolute atomic E-state index is 11.8. The van der Waals surface area contributed by atoms with Crippen LogP contribution in [0.15, 0.2) is 29.6 Å². The molecule has 2 aromatic rings. The zero-order valence-corrected chi connectivity index (χ0v) is 18.8. The van der Waals surface area contributed by atoms with Crippen LogP contribution in [0, 0.1) is 0 Å². The smallest absolute Gasteiger partial charge is 0.408 e. The lowest BCUT2D eigenvalue weighted by atomic mass is 10.2. The van der Waals surface area contributed by atoms with E-state index >= 15 is 0 Å².